The van der Waals surface area contributed by atoms with Crippen LogP contribution in [0.5, 0.6) is 0 Å². The zero-order chi connectivity index (χ0) is 16.8. The Hall–Kier alpha value is -0.500. The number of carbonyl (C=O) groups is 1. The van der Waals surface area contributed by atoms with E-state index in [9.17, 15) is 9.35 Å². The third kappa shape index (κ3) is 3.37. The molecule has 0 saturated carbocycles. The molecule has 0 bridgehead atoms. The first-order valence-electron chi connectivity index (χ1n) is 7.78. The molecule has 128 valence electrons. The monoisotopic (exact) mass is 332 g/mol. The fourth-order valence-electron chi connectivity index (χ4n) is 3.27. The number of nitrogens with one attached hydrogen (secondary N) is 1. The number of hydrogen-bond donors (Lipinski definition) is 2. The Morgan fingerprint density at radius 3 is 2.36 bits per heavy atom. The van der Waals surface area contributed by atoms with E-state index in [0.717, 1.165) is 0 Å². The first kappa shape index (κ1) is 17.8. The van der Waals surface area contributed by atoms with Gasteiger partial charge >= 0.3 is 6.09 Å². The van der Waals surface area contributed by atoms with Crippen molar-refractivity contribution in [2.45, 2.75) is 63.9 Å². The van der Waals surface area contributed by atoms with Crippen LogP contribution in [-0.4, -0.2) is 56.7 Å². The molecule has 1 spiro atoms. The fraction of sp³-hybridized carbons (Fsp3) is 0.933. The minimum atomic E-state index is -1.18. The Morgan fingerprint density at radius 2 is 1.91 bits per heavy atom. The Bertz CT molecular complexity index is 428. The molecule has 1 unspecified atom stereocenters. The molecule has 0 aromatic heterocycles. The van der Waals surface area contributed by atoms with Gasteiger partial charge in [0.2, 0.25) is 0 Å². The second-order valence-corrected chi connectivity index (χ2v) is 10.0. The third-order valence-corrected chi connectivity index (χ3v) is 6.26. The van der Waals surface area contributed by atoms with Crippen LogP contribution in [0.1, 0.15) is 47.5 Å². The van der Waals surface area contributed by atoms with Crippen molar-refractivity contribution >= 4 is 17.5 Å². The molecule has 1 amide bonds. The molecule has 2 fully saturated rings. The Labute approximate surface area is 135 Å². The summed E-state index contributed by atoms with van der Waals surface area (Å²) in [6, 6.07) is -0.0454. The van der Waals surface area contributed by atoms with Gasteiger partial charge in [0.1, 0.15) is 4.75 Å². The van der Waals surface area contributed by atoms with Crippen LogP contribution in [0.2, 0.25) is 0 Å². The van der Waals surface area contributed by atoms with Crippen molar-refractivity contribution in [2.75, 3.05) is 19.7 Å². The summed E-state index contributed by atoms with van der Waals surface area (Å²) in [7, 11) is 0. The minimum Gasteiger partial charge on any atom is -0.598 e. The first-order valence-corrected chi connectivity index (χ1v) is 8.93. The van der Waals surface area contributed by atoms with Gasteiger partial charge in [0.05, 0.1) is 18.2 Å². The first-order chi connectivity index (χ1) is 9.98. The largest absolute Gasteiger partial charge is 0.598 e. The van der Waals surface area contributed by atoms with E-state index in [1.54, 1.807) is 0 Å². The standard InChI is InChI=1S/C15H28N2O4S/c1-13(2,3)22(20)16-11-14(4,5)10-21-15(11)6-8-17(9-7-15)12(18)19/h11,16H,6-10H2,1-5H3,(H,18,19)/t11?,22-/m1/s1. The van der Waals surface area contributed by atoms with E-state index < -0.39 is 23.1 Å². The smallest absolute Gasteiger partial charge is 0.407 e. The van der Waals surface area contributed by atoms with Crippen molar-refractivity contribution in [2.24, 2.45) is 5.41 Å². The molecule has 0 radical (unpaired) electrons. The maximum absolute atomic E-state index is 12.5. The molecule has 0 aromatic carbocycles. The number of likely N-dealkylation sites (tertiary alicyclic amines) is 1. The van der Waals surface area contributed by atoms with Gasteiger partial charge in [-0.05, 0) is 33.6 Å². The van der Waals surface area contributed by atoms with E-state index in [0.29, 0.717) is 32.5 Å². The molecular formula is C15H28N2O4S. The molecule has 0 aromatic rings. The zero-order valence-corrected chi connectivity index (χ0v) is 15.0. The van der Waals surface area contributed by atoms with Crippen LogP contribution >= 0.6 is 0 Å². The number of piperidine rings is 1. The molecule has 2 rings (SSSR count). The van der Waals surface area contributed by atoms with Gasteiger partial charge in [0, 0.05) is 29.9 Å². The highest BCUT2D eigenvalue weighted by Crippen LogP contribution is 2.45. The Morgan fingerprint density at radius 1 is 1.36 bits per heavy atom. The van der Waals surface area contributed by atoms with Crippen LogP contribution in [0, 0.1) is 5.41 Å². The number of hydrogen-bond acceptors (Lipinski definition) is 4. The van der Waals surface area contributed by atoms with Gasteiger partial charge < -0.3 is 19.3 Å². The zero-order valence-electron chi connectivity index (χ0n) is 14.1. The van der Waals surface area contributed by atoms with Crippen molar-refractivity contribution in [1.82, 2.24) is 9.62 Å². The van der Waals surface area contributed by atoms with Gasteiger partial charge in [-0.2, -0.15) is 0 Å². The molecular weight excluding hydrogens is 304 g/mol. The van der Waals surface area contributed by atoms with Crippen LogP contribution in [-0.2, 0) is 16.1 Å². The van der Waals surface area contributed by atoms with E-state index in [1.807, 2.05) is 20.8 Å². The van der Waals surface area contributed by atoms with Gasteiger partial charge in [-0.25, -0.2) is 4.79 Å². The Kier molecular flexibility index (Phi) is 4.75. The molecule has 2 atom stereocenters. The maximum atomic E-state index is 12.5. The summed E-state index contributed by atoms with van der Waals surface area (Å²) in [5.74, 6) is 0. The minimum absolute atomic E-state index is 0.0454. The molecule has 2 N–H and O–H groups in total. The molecule has 2 heterocycles. The third-order valence-electron chi connectivity index (χ3n) is 4.70. The highest BCUT2D eigenvalue weighted by Gasteiger charge is 2.57. The summed E-state index contributed by atoms with van der Waals surface area (Å²) >= 11 is -1.18. The number of nitrogens with zero attached hydrogens (tertiary/aromatic N) is 1. The van der Waals surface area contributed by atoms with Crippen LogP contribution in [0.3, 0.4) is 0 Å². The van der Waals surface area contributed by atoms with Crippen molar-refractivity contribution in [3.63, 3.8) is 0 Å². The predicted molar refractivity (Wildman–Crippen MR) is 86.1 cm³/mol. The molecule has 2 saturated heterocycles. The van der Waals surface area contributed by atoms with E-state index in [-0.39, 0.29) is 16.2 Å². The lowest BCUT2D eigenvalue weighted by Crippen LogP contribution is -2.61. The lowest BCUT2D eigenvalue weighted by Gasteiger charge is -2.44. The SMILES string of the molecule is CC1(C)COC2(CCN(C(=O)O)CC2)C1N[S@+]([O-])C(C)(C)C. The second-order valence-electron chi connectivity index (χ2n) is 8.04. The average molecular weight is 332 g/mol. The number of ether oxygens (including phenoxy) is 1. The fourth-order valence-corrected chi connectivity index (χ4v) is 4.37. The summed E-state index contributed by atoms with van der Waals surface area (Å²) in [6.45, 7) is 11.6. The van der Waals surface area contributed by atoms with E-state index >= 15 is 0 Å². The summed E-state index contributed by atoms with van der Waals surface area (Å²) < 4.78 is 21.6. The number of rotatable bonds is 2. The van der Waals surface area contributed by atoms with Crippen molar-refractivity contribution in [3.05, 3.63) is 0 Å². The summed E-state index contributed by atoms with van der Waals surface area (Å²) in [5, 5.41) is 9.11. The second kappa shape index (κ2) is 5.85. The van der Waals surface area contributed by atoms with Crippen molar-refractivity contribution < 1.29 is 19.2 Å². The molecule has 7 heteroatoms. The van der Waals surface area contributed by atoms with Gasteiger partial charge in [0.25, 0.3) is 0 Å². The number of carboxylic acid groups (broad SMARTS) is 1. The quantitative estimate of drug-likeness (QED) is 0.755. The van der Waals surface area contributed by atoms with Crippen LogP contribution in [0.15, 0.2) is 0 Å². The molecule has 2 aliphatic heterocycles. The molecule has 0 aliphatic carbocycles. The molecule has 2 aliphatic rings. The normalized spacial score (nSPS) is 28.8. The highest BCUT2D eigenvalue weighted by atomic mass is 32.2. The molecule has 6 nitrogen and oxygen atoms in total. The number of amides is 1. The van der Waals surface area contributed by atoms with E-state index in [2.05, 4.69) is 18.6 Å². The van der Waals surface area contributed by atoms with Gasteiger partial charge in [-0.3, -0.25) is 0 Å². The van der Waals surface area contributed by atoms with Crippen molar-refractivity contribution in [3.8, 4) is 0 Å². The average Bonchev–Trinajstić information content (AvgIpc) is 2.63. The Balaban J connectivity index is 2.15. The lowest BCUT2D eigenvalue weighted by molar-refractivity contribution is -0.0493. The van der Waals surface area contributed by atoms with Gasteiger partial charge in [0.15, 0.2) is 0 Å². The van der Waals surface area contributed by atoms with Crippen LogP contribution in [0.4, 0.5) is 4.79 Å². The summed E-state index contributed by atoms with van der Waals surface area (Å²) in [5.41, 5.74) is -0.553. The van der Waals surface area contributed by atoms with Gasteiger partial charge in [-0.15, -0.1) is 4.72 Å². The van der Waals surface area contributed by atoms with E-state index in [4.69, 9.17) is 9.84 Å². The van der Waals surface area contributed by atoms with Crippen LogP contribution in [0.25, 0.3) is 0 Å². The molecule has 22 heavy (non-hydrogen) atoms. The predicted octanol–water partition coefficient (Wildman–Crippen LogP) is 1.98. The summed E-state index contributed by atoms with van der Waals surface area (Å²) in [4.78, 5) is 12.5. The highest BCUT2D eigenvalue weighted by molar-refractivity contribution is 7.90. The van der Waals surface area contributed by atoms with Crippen molar-refractivity contribution in [1.29, 1.82) is 0 Å². The summed E-state index contributed by atoms with van der Waals surface area (Å²) in [6.07, 6.45) is 0.401. The van der Waals surface area contributed by atoms with Crippen LogP contribution < -0.4 is 4.72 Å². The topological polar surface area (TPSA) is 84.9 Å². The van der Waals surface area contributed by atoms with Gasteiger partial charge in [-0.1, -0.05) is 13.8 Å². The van der Waals surface area contributed by atoms with E-state index in [1.165, 1.54) is 4.90 Å². The maximum Gasteiger partial charge on any atom is 0.407 e. The lowest BCUT2D eigenvalue weighted by atomic mass is 9.75.